The molecule has 1 aliphatic heterocycles. The first-order valence-corrected chi connectivity index (χ1v) is 9.66. The van der Waals surface area contributed by atoms with Crippen LogP contribution < -0.4 is 15.1 Å². The van der Waals surface area contributed by atoms with E-state index in [0.29, 0.717) is 36.9 Å². The number of nitrogens with zero attached hydrogens (tertiary/aromatic N) is 5. The number of nitro groups is 1. The van der Waals surface area contributed by atoms with Crippen molar-refractivity contribution in [3.8, 4) is 0 Å². The molecule has 0 radical (unpaired) electrons. The van der Waals surface area contributed by atoms with E-state index >= 15 is 0 Å². The maximum Gasteiger partial charge on any atom is 0.353 e. The molecule has 154 valence electrons. The van der Waals surface area contributed by atoms with Crippen LogP contribution in [0, 0.1) is 15.9 Å². The van der Waals surface area contributed by atoms with Gasteiger partial charge in [0.25, 0.3) is 0 Å². The van der Waals surface area contributed by atoms with Crippen molar-refractivity contribution in [2.24, 2.45) is 0 Å². The molecular weight excluding hydrogens is 411 g/mol. The van der Waals surface area contributed by atoms with E-state index in [9.17, 15) is 14.5 Å². The first kappa shape index (κ1) is 19.8. The number of piperazine rings is 1. The second-order valence-corrected chi connectivity index (χ2v) is 7.17. The summed E-state index contributed by atoms with van der Waals surface area (Å²) in [5.41, 5.74) is 1.30. The van der Waals surface area contributed by atoms with Crippen LogP contribution in [0.1, 0.15) is 0 Å². The van der Waals surface area contributed by atoms with Crippen molar-refractivity contribution in [2.75, 3.05) is 41.3 Å². The summed E-state index contributed by atoms with van der Waals surface area (Å²) in [6.45, 7) is 2.45. The average Bonchev–Trinajstić information content (AvgIpc) is 2.75. The fraction of sp³-hybridized carbons (Fsp3) is 0.200. The molecule has 0 bridgehead atoms. The van der Waals surface area contributed by atoms with Crippen molar-refractivity contribution in [2.45, 2.75) is 0 Å². The lowest BCUT2D eigenvalue weighted by Crippen LogP contribution is -2.47. The van der Waals surface area contributed by atoms with E-state index in [4.69, 9.17) is 11.6 Å². The van der Waals surface area contributed by atoms with Crippen molar-refractivity contribution in [1.82, 2.24) is 9.97 Å². The van der Waals surface area contributed by atoms with Crippen LogP contribution in [0.4, 0.5) is 33.1 Å². The number of hydrogen-bond donors (Lipinski definition) is 1. The van der Waals surface area contributed by atoms with Crippen molar-refractivity contribution < 1.29 is 9.31 Å². The molecule has 1 aliphatic rings. The lowest BCUT2D eigenvalue weighted by molar-refractivity contribution is -0.383. The zero-order chi connectivity index (χ0) is 21.1. The number of anilines is 4. The number of benzene rings is 2. The minimum Gasteiger partial charge on any atom is -0.368 e. The Morgan fingerprint density at radius 3 is 2.40 bits per heavy atom. The third-order valence-corrected chi connectivity index (χ3v) is 5.08. The minimum atomic E-state index is -0.496. The molecule has 2 aromatic carbocycles. The lowest BCUT2D eigenvalue weighted by Gasteiger charge is -2.36. The summed E-state index contributed by atoms with van der Waals surface area (Å²) < 4.78 is 13.1. The van der Waals surface area contributed by atoms with E-state index in [1.807, 2.05) is 29.2 Å². The van der Waals surface area contributed by atoms with Gasteiger partial charge in [-0.3, -0.25) is 10.1 Å². The number of halogens is 2. The zero-order valence-electron chi connectivity index (χ0n) is 15.8. The van der Waals surface area contributed by atoms with Gasteiger partial charge in [0, 0.05) is 42.6 Å². The molecule has 4 rings (SSSR count). The number of hydrogen-bond acceptors (Lipinski definition) is 7. The summed E-state index contributed by atoms with van der Waals surface area (Å²) in [6.07, 6.45) is 1.29. The summed E-state index contributed by atoms with van der Waals surface area (Å²) in [5, 5.41) is 15.4. The summed E-state index contributed by atoms with van der Waals surface area (Å²) in [5.74, 6) is -0.0739. The Kier molecular flexibility index (Phi) is 5.62. The molecule has 0 aliphatic carbocycles. The van der Waals surface area contributed by atoms with Gasteiger partial charge in [0.05, 0.1) is 4.92 Å². The van der Waals surface area contributed by atoms with Gasteiger partial charge in [-0.15, -0.1) is 0 Å². The van der Waals surface area contributed by atoms with Crippen LogP contribution in [0.5, 0.6) is 0 Å². The molecule has 0 amide bonds. The Labute approximate surface area is 177 Å². The highest BCUT2D eigenvalue weighted by Gasteiger charge is 2.29. The SMILES string of the molecule is O=[N+]([O-])c1c(Nc2ccc(F)cc2)ncnc1N1CCN(c2cccc(Cl)c2)CC1. The molecule has 8 nitrogen and oxygen atoms in total. The minimum absolute atomic E-state index is 0.0638. The third-order valence-electron chi connectivity index (χ3n) is 4.85. The van der Waals surface area contributed by atoms with Crippen molar-refractivity contribution in [3.63, 3.8) is 0 Å². The largest absolute Gasteiger partial charge is 0.368 e. The van der Waals surface area contributed by atoms with Crippen LogP contribution in [0.2, 0.25) is 5.02 Å². The van der Waals surface area contributed by atoms with Gasteiger partial charge in [-0.05, 0) is 42.5 Å². The summed E-state index contributed by atoms with van der Waals surface area (Å²) in [4.78, 5) is 23.6. The van der Waals surface area contributed by atoms with E-state index < -0.39 is 10.7 Å². The van der Waals surface area contributed by atoms with Gasteiger partial charge in [0.2, 0.25) is 11.6 Å². The van der Waals surface area contributed by atoms with E-state index in [2.05, 4.69) is 20.2 Å². The zero-order valence-corrected chi connectivity index (χ0v) is 16.6. The summed E-state index contributed by atoms with van der Waals surface area (Å²) in [7, 11) is 0. The van der Waals surface area contributed by atoms with E-state index in [-0.39, 0.29) is 17.3 Å². The summed E-state index contributed by atoms with van der Waals surface area (Å²) >= 11 is 6.08. The maximum atomic E-state index is 13.1. The van der Waals surface area contributed by atoms with Gasteiger partial charge in [0.1, 0.15) is 12.1 Å². The van der Waals surface area contributed by atoms with Crippen molar-refractivity contribution >= 4 is 40.3 Å². The first-order valence-electron chi connectivity index (χ1n) is 9.29. The van der Waals surface area contributed by atoms with Crippen LogP contribution in [0.3, 0.4) is 0 Å². The van der Waals surface area contributed by atoms with Crippen LogP contribution in [-0.2, 0) is 0 Å². The van der Waals surface area contributed by atoms with E-state index in [0.717, 1.165) is 5.69 Å². The third kappa shape index (κ3) is 4.25. The van der Waals surface area contributed by atoms with E-state index in [1.165, 1.54) is 30.6 Å². The Bertz CT molecular complexity index is 1060. The molecule has 1 aromatic heterocycles. The maximum absolute atomic E-state index is 13.1. The predicted octanol–water partition coefficient (Wildman–Crippen LogP) is 4.25. The highest BCUT2D eigenvalue weighted by molar-refractivity contribution is 6.30. The summed E-state index contributed by atoms with van der Waals surface area (Å²) in [6, 6.07) is 13.1. The Morgan fingerprint density at radius 2 is 1.73 bits per heavy atom. The van der Waals surface area contributed by atoms with Gasteiger partial charge in [-0.2, -0.15) is 0 Å². The molecule has 3 aromatic rings. The Morgan fingerprint density at radius 1 is 1.03 bits per heavy atom. The molecule has 0 saturated carbocycles. The normalized spacial score (nSPS) is 13.9. The number of rotatable bonds is 5. The van der Waals surface area contributed by atoms with Gasteiger partial charge < -0.3 is 15.1 Å². The van der Waals surface area contributed by atoms with Crippen LogP contribution in [-0.4, -0.2) is 41.1 Å². The molecule has 0 unspecified atom stereocenters. The lowest BCUT2D eigenvalue weighted by atomic mass is 10.2. The number of aromatic nitrogens is 2. The Balaban J connectivity index is 1.55. The van der Waals surface area contributed by atoms with Gasteiger partial charge in [-0.1, -0.05) is 17.7 Å². The van der Waals surface area contributed by atoms with Gasteiger partial charge >= 0.3 is 5.69 Å². The van der Waals surface area contributed by atoms with E-state index in [1.54, 1.807) is 0 Å². The molecular formula is C20H18ClFN6O2. The molecule has 0 spiro atoms. The molecule has 1 fully saturated rings. The van der Waals surface area contributed by atoms with Crippen LogP contribution in [0.15, 0.2) is 54.9 Å². The smallest absolute Gasteiger partial charge is 0.353 e. The highest BCUT2D eigenvalue weighted by Crippen LogP contribution is 2.34. The van der Waals surface area contributed by atoms with Gasteiger partial charge in [-0.25, -0.2) is 14.4 Å². The molecule has 10 heteroatoms. The second kappa shape index (κ2) is 8.50. The average molecular weight is 429 g/mol. The molecule has 30 heavy (non-hydrogen) atoms. The quantitative estimate of drug-likeness (QED) is 0.480. The number of nitrogens with one attached hydrogen (secondary N) is 1. The molecule has 2 heterocycles. The van der Waals surface area contributed by atoms with Crippen LogP contribution in [0.25, 0.3) is 0 Å². The fourth-order valence-corrected chi connectivity index (χ4v) is 3.56. The standard InChI is InChI=1S/C20H18ClFN6O2/c21-14-2-1-3-17(12-14)26-8-10-27(11-9-26)20-18(28(29)30)19(23-13-24-20)25-16-6-4-15(22)5-7-16/h1-7,12-13H,8-11H2,(H,23,24,25). The topological polar surface area (TPSA) is 87.4 Å². The van der Waals surface area contributed by atoms with Crippen molar-refractivity contribution in [3.05, 3.63) is 75.8 Å². The Hall–Kier alpha value is -3.46. The van der Waals surface area contributed by atoms with Gasteiger partial charge in [0.15, 0.2) is 0 Å². The molecule has 0 atom stereocenters. The second-order valence-electron chi connectivity index (χ2n) is 6.74. The van der Waals surface area contributed by atoms with Crippen molar-refractivity contribution in [1.29, 1.82) is 0 Å². The fourth-order valence-electron chi connectivity index (χ4n) is 3.38. The molecule has 1 saturated heterocycles. The predicted molar refractivity (Wildman–Crippen MR) is 114 cm³/mol. The van der Waals surface area contributed by atoms with Crippen LogP contribution >= 0.6 is 11.6 Å². The molecule has 1 N–H and O–H groups in total. The highest BCUT2D eigenvalue weighted by atomic mass is 35.5. The monoisotopic (exact) mass is 428 g/mol. The first-order chi connectivity index (χ1) is 14.5.